The number of imidazole rings is 1. The fourth-order valence-electron chi connectivity index (χ4n) is 2.69. The molecule has 7 nitrogen and oxygen atoms in total. The monoisotopic (exact) mass is 263 g/mol. The summed E-state index contributed by atoms with van der Waals surface area (Å²) in [6.07, 6.45) is 1.03. The molecule has 2 aromatic heterocycles. The topological polar surface area (TPSA) is 65.1 Å². The predicted molar refractivity (Wildman–Crippen MR) is 72.7 cm³/mol. The number of nitrogens with zero attached hydrogens (tertiary/aromatic N) is 5. The highest BCUT2D eigenvalue weighted by molar-refractivity contribution is 5.75. The van der Waals surface area contributed by atoms with Crippen LogP contribution in [0, 0.1) is 0 Å². The maximum absolute atomic E-state index is 12.3. The molecule has 1 aliphatic heterocycles. The lowest BCUT2D eigenvalue weighted by Crippen LogP contribution is -2.37. The second-order valence-corrected chi connectivity index (χ2v) is 4.93. The summed E-state index contributed by atoms with van der Waals surface area (Å²) in [6.45, 7) is 4.65. The van der Waals surface area contributed by atoms with Gasteiger partial charge in [-0.3, -0.25) is 13.9 Å². The molecule has 3 heterocycles. The lowest BCUT2D eigenvalue weighted by molar-refractivity contribution is 0.697. The lowest BCUT2D eigenvalue weighted by atomic mass is 10.4. The minimum absolute atomic E-state index is 0.268. The Hall–Kier alpha value is -2.05. The lowest BCUT2D eigenvalue weighted by Gasteiger charge is -2.13. The molecular weight excluding hydrogens is 246 g/mol. The number of hydrogen-bond donors (Lipinski definition) is 0. The van der Waals surface area contributed by atoms with Crippen molar-refractivity contribution in [2.45, 2.75) is 19.9 Å². The molecule has 7 heteroatoms. The van der Waals surface area contributed by atoms with Gasteiger partial charge in [-0.2, -0.15) is 4.98 Å². The highest BCUT2D eigenvalue weighted by Crippen LogP contribution is 2.24. The maximum Gasteiger partial charge on any atom is 0.332 e. The van der Waals surface area contributed by atoms with Crippen LogP contribution in [0.15, 0.2) is 9.59 Å². The van der Waals surface area contributed by atoms with Crippen molar-refractivity contribution in [3.8, 4) is 0 Å². The van der Waals surface area contributed by atoms with Crippen LogP contribution in [0.4, 0.5) is 5.95 Å². The molecule has 102 valence electrons. The van der Waals surface area contributed by atoms with Gasteiger partial charge in [0.15, 0.2) is 11.2 Å². The van der Waals surface area contributed by atoms with Gasteiger partial charge in [0.05, 0.1) is 0 Å². The van der Waals surface area contributed by atoms with E-state index < -0.39 is 0 Å². The van der Waals surface area contributed by atoms with Crippen molar-refractivity contribution < 1.29 is 0 Å². The van der Waals surface area contributed by atoms with Crippen molar-refractivity contribution in [3.05, 3.63) is 20.8 Å². The predicted octanol–water partition coefficient (Wildman–Crippen LogP) is -0.336. The summed E-state index contributed by atoms with van der Waals surface area (Å²) in [4.78, 5) is 30.8. The SMILES string of the molecule is CCCN1CCn2c1nc1c2c(=O)n(C)c(=O)n1C. The van der Waals surface area contributed by atoms with Crippen LogP contribution in [-0.2, 0) is 20.6 Å². The molecule has 3 rings (SSSR count). The van der Waals surface area contributed by atoms with E-state index in [9.17, 15) is 9.59 Å². The van der Waals surface area contributed by atoms with Crippen LogP contribution in [0.3, 0.4) is 0 Å². The molecule has 1 aliphatic rings. The fraction of sp³-hybridized carbons (Fsp3) is 0.583. The second-order valence-electron chi connectivity index (χ2n) is 4.93. The summed E-state index contributed by atoms with van der Waals surface area (Å²) in [7, 11) is 3.15. The van der Waals surface area contributed by atoms with Crippen molar-refractivity contribution in [1.82, 2.24) is 18.7 Å². The van der Waals surface area contributed by atoms with Crippen LogP contribution in [0.25, 0.3) is 11.2 Å². The third-order valence-corrected chi connectivity index (χ3v) is 3.70. The third kappa shape index (κ3) is 1.47. The van der Waals surface area contributed by atoms with E-state index in [-0.39, 0.29) is 11.2 Å². The van der Waals surface area contributed by atoms with E-state index in [0.717, 1.165) is 36.6 Å². The molecule has 0 bridgehead atoms. The Kier molecular flexibility index (Phi) is 2.51. The zero-order valence-corrected chi connectivity index (χ0v) is 11.4. The van der Waals surface area contributed by atoms with Crippen LogP contribution in [0.1, 0.15) is 13.3 Å². The number of aryl methyl sites for hydroxylation is 1. The van der Waals surface area contributed by atoms with E-state index in [1.807, 2.05) is 4.57 Å². The summed E-state index contributed by atoms with van der Waals surface area (Å²) < 4.78 is 4.50. The number of hydrogen-bond acceptors (Lipinski definition) is 4. The Morgan fingerprint density at radius 2 is 1.89 bits per heavy atom. The first-order valence-corrected chi connectivity index (χ1v) is 6.47. The number of rotatable bonds is 2. The van der Waals surface area contributed by atoms with Gasteiger partial charge in [0.25, 0.3) is 5.56 Å². The standard InChI is InChI=1S/C12H17N5O2/c1-4-5-16-6-7-17-8-9(13-11(16)17)14(2)12(19)15(3)10(8)18/h4-7H2,1-3H3. The van der Waals surface area contributed by atoms with Crippen LogP contribution in [0.5, 0.6) is 0 Å². The molecule has 0 radical (unpaired) electrons. The van der Waals surface area contributed by atoms with Crippen LogP contribution < -0.4 is 16.1 Å². The summed E-state index contributed by atoms with van der Waals surface area (Å²) in [5.41, 5.74) is 0.397. The molecule has 0 aromatic carbocycles. The summed E-state index contributed by atoms with van der Waals surface area (Å²) in [5, 5.41) is 0. The van der Waals surface area contributed by atoms with Gasteiger partial charge in [-0.05, 0) is 6.42 Å². The van der Waals surface area contributed by atoms with Gasteiger partial charge in [-0.1, -0.05) is 6.92 Å². The van der Waals surface area contributed by atoms with Crippen LogP contribution in [-0.4, -0.2) is 31.8 Å². The first-order valence-electron chi connectivity index (χ1n) is 6.47. The first-order chi connectivity index (χ1) is 9.06. The molecule has 19 heavy (non-hydrogen) atoms. The van der Waals surface area contributed by atoms with Gasteiger partial charge in [0.1, 0.15) is 0 Å². The van der Waals surface area contributed by atoms with Gasteiger partial charge < -0.3 is 9.47 Å². The molecule has 0 spiro atoms. The number of aromatic nitrogens is 4. The molecule has 0 saturated carbocycles. The van der Waals surface area contributed by atoms with E-state index >= 15 is 0 Å². The summed E-state index contributed by atoms with van der Waals surface area (Å²) >= 11 is 0. The van der Waals surface area contributed by atoms with E-state index in [2.05, 4.69) is 16.8 Å². The normalized spacial score (nSPS) is 14.4. The Labute approximate surface area is 109 Å². The third-order valence-electron chi connectivity index (χ3n) is 3.70. The van der Waals surface area contributed by atoms with E-state index in [0.29, 0.717) is 11.2 Å². The van der Waals surface area contributed by atoms with E-state index in [1.54, 1.807) is 7.05 Å². The van der Waals surface area contributed by atoms with Gasteiger partial charge in [-0.15, -0.1) is 0 Å². The van der Waals surface area contributed by atoms with Crippen molar-refractivity contribution >= 4 is 17.1 Å². The Balaban J connectivity index is 2.37. The average molecular weight is 263 g/mol. The summed E-state index contributed by atoms with van der Waals surface area (Å²) in [6, 6.07) is 0. The van der Waals surface area contributed by atoms with Crippen LogP contribution in [0.2, 0.25) is 0 Å². The van der Waals surface area contributed by atoms with Crippen molar-refractivity contribution in [2.24, 2.45) is 14.1 Å². The van der Waals surface area contributed by atoms with Crippen LogP contribution >= 0.6 is 0 Å². The molecule has 0 saturated heterocycles. The van der Waals surface area contributed by atoms with Gasteiger partial charge in [0, 0.05) is 33.7 Å². The van der Waals surface area contributed by atoms with E-state index in [1.165, 1.54) is 11.6 Å². The largest absolute Gasteiger partial charge is 0.340 e. The van der Waals surface area contributed by atoms with Crippen molar-refractivity contribution in [1.29, 1.82) is 0 Å². The zero-order valence-electron chi connectivity index (χ0n) is 11.4. The Morgan fingerprint density at radius 1 is 1.16 bits per heavy atom. The smallest absolute Gasteiger partial charge is 0.332 e. The molecular formula is C12H17N5O2. The number of anilines is 1. The summed E-state index contributed by atoms with van der Waals surface area (Å²) in [5.74, 6) is 0.801. The van der Waals surface area contributed by atoms with Gasteiger partial charge in [0.2, 0.25) is 5.95 Å². The first kappa shape index (κ1) is 12.0. The molecule has 0 fully saturated rings. The molecule has 0 aliphatic carbocycles. The van der Waals surface area contributed by atoms with E-state index in [4.69, 9.17) is 0 Å². The number of fused-ring (bicyclic) bond motifs is 3. The van der Waals surface area contributed by atoms with Crippen molar-refractivity contribution in [2.75, 3.05) is 18.0 Å². The zero-order chi connectivity index (χ0) is 13.7. The molecule has 0 atom stereocenters. The van der Waals surface area contributed by atoms with Gasteiger partial charge in [-0.25, -0.2) is 4.79 Å². The fourth-order valence-corrected chi connectivity index (χ4v) is 2.69. The maximum atomic E-state index is 12.3. The minimum atomic E-state index is -0.337. The highest BCUT2D eigenvalue weighted by Gasteiger charge is 2.26. The minimum Gasteiger partial charge on any atom is -0.340 e. The molecule has 0 unspecified atom stereocenters. The second kappa shape index (κ2) is 3.97. The Morgan fingerprint density at radius 3 is 2.58 bits per heavy atom. The molecule has 2 aromatic rings. The highest BCUT2D eigenvalue weighted by atomic mass is 16.2. The van der Waals surface area contributed by atoms with Gasteiger partial charge >= 0.3 is 5.69 Å². The molecule has 0 N–H and O–H groups in total. The Bertz CT molecular complexity index is 767. The molecule has 0 amide bonds. The average Bonchev–Trinajstić information content (AvgIpc) is 2.94. The quantitative estimate of drug-likeness (QED) is 0.744. The van der Waals surface area contributed by atoms with Crippen molar-refractivity contribution in [3.63, 3.8) is 0 Å².